The topological polar surface area (TPSA) is 66.5 Å². The van der Waals surface area contributed by atoms with Gasteiger partial charge in [0.05, 0.1) is 0 Å². The number of nitrogens with one attached hydrogen (secondary N) is 1. The minimum absolute atomic E-state index is 0.0885. The smallest absolute Gasteiger partial charge is 0.252 e. The van der Waals surface area contributed by atoms with Crippen molar-refractivity contribution >= 4 is 27.3 Å². The van der Waals surface area contributed by atoms with E-state index in [1.54, 1.807) is 16.4 Å². The maximum atomic E-state index is 12.7. The number of rotatable bonds is 8. The Morgan fingerprint density at radius 2 is 1.93 bits per heavy atom. The van der Waals surface area contributed by atoms with Gasteiger partial charge in [-0.05, 0) is 49.1 Å². The molecule has 5 nitrogen and oxygen atoms in total. The lowest BCUT2D eigenvalue weighted by atomic mass is 10.1. The molecule has 0 saturated carbocycles. The number of hydrogen-bond acceptors (Lipinski definition) is 4. The lowest BCUT2D eigenvalue weighted by Gasteiger charge is -2.13. The Kier molecular flexibility index (Phi) is 6.68. The number of carbonyl (C=O) groups excluding carboxylic acids is 1. The molecule has 0 aliphatic carbocycles. The van der Waals surface area contributed by atoms with Crippen LogP contribution < -0.4 is 5.32 Å². The first-order valence-corrected chi connectivity index (χ1v) is 11.8. The molecule has 7 heteroatoms. The average molecular weight is 407 g/mol. The lowest BCUT2D eigenvalue weighted by molar-refractivity contribution is 0.0953. The van der Waals surface area contributed by atoms with Gasteiger partial charge >= 0.3 is 0 Å². The molecule has 0 unspecified atom stereocenters. The van der Waals surface area contributed by atoms with Gasteiger partial charge in [0.1, 0.15) is 4.21 Å². The number of nitrogens with zero attached hydrogens (tertiary/aromatic N) is 1. The van der Waals surface area contributed by atoms with Crippen LogP contribution in [0.15, 0.2) is 40.6 Å². The van der Waals surface area contributed by atoms with Crippen LogP contribution in [-0.4, -0.2) is 38.3 Å². The van der Waals surface area contributed by atoms with Gasteiger partial charge in [0, 0.05) is 30.1 Å². The second-order valence-electron chi connectivity index (χ2n) is 6.77. The van der Waals surface area contributed by atoms with Gasteiger partial charge in [-0.3, -0.25) is 4.79 Å². The highest BCUT2D eigenvalue weighted by atomic mass is 32.2. The fourth-order valence-corrected chi connectivity index (χ4v) is 6.14. The fraction of sp³-hybridized carbons (Fsp3) is 0.450. The average Bonchev–Trinajstić information content (AvgIpc) is 3.38. The van der Waals surface area contributed by atoms with Crippen LogP contribution in [0.1, 0.15) is 49.4 Å². The predicted octanol–water partition coefficient (Wildman–Crippen LogP) is 4.12. The van der Waals surface area contributed by atoms with E-state index in [0.29, 0.717) is 29.4 Å². The summed E-state index contributed by atoms with van der Waals surface area (Å²) in [6.45, 7) is 4.01. The molecule has 1 N–H and O–H groups in total. The van der Waals surface area contributed by atoms with Gasteiger partial charge in [-0.1, -0.05) is 31.9 Å². The van der Waals surface area contributed by atoms with Crippen molar-refractivity contribution in [2.24, 2.45) is 0 Å². The zero-order valence-corrected chi connectivity index (χ0v) is 17.2. The third-order valence-corrected chi connectivity index (χ3v) is 8.22. The first-order valence-electron chi connectivity index (χ1n) is 9.51. The summed E-state index contributed by atoms with van der Waals surface area (Å²) >= 11 is 1.26. The highest BCUT2D eigenvalue weighted by Crippen LogP contribution is 2.33. The van der Waals surface area contributed by atoms with Gasteiger partial charge in [-0.25, -0.2) is 8.42 Å². The maximum Gasteiger partial charge on any atom is 0.252 e. The van der Waals surface area contributed by atoms with Crippen molar-refractivity contribution in [3.05, 3.63) is 42.0 Å². The summed E-state index contributed by atoms with van der Waals surface area (Å²) in [6, 6.07) is 10.9. The molecular weight excluding hydrogens is 380 g/mol. The normalized spacial score (nSPS) is 15.1. The van der Waals surface area contributed by atoms with Crippen LogP contribution in [0.4, 0.5) is 0 Å². The molecule has 3 rings (SSSR count). The summed E-state index contributed by atoms with van der Waals surface area (Å²) in [6.07, 6.45) is 5.04. The molecule has 0 radical (unpaired) electrons. The number of benzene rings is 1. The van der Waals surface area contributed by atoms with E-state index < -0.39 is 10.0 Å². The van der Waals surface area contributed by atoms with Crippen molar-refractivity contribution in [1.82, 2.24) is 9.62 Å². The Labute approximate surface area is 165 Å². The van der Waals surface area contributed by atoms with E-state index in [1.807, 2.05) is 24.3 Å². The number of sulfonamides is 1. The van der Waals surface area contributed by atoms with Gasteiger partial charge in [-0.2, -0.15) is 4.31 Å². The highest BCUT2D eigenvalue weighted by molar-refractivity contribution is 7.91. The van der Waals surface area contributed by atoms with E-state index in [0.717, 1.165) is 42.5 Å². The van der Waals surface area contributed by atoms with Crippen LogP contribution >= 0.6 is 11.3 Å². The van der Waals surface area contributed by atoms with E-state index >= 15 is 0 Å². The number of unbranched alkanes of at least 4 members (excludes halogenated alkanes) is 2. The first-order chi connectivity index (χ1) is 13.0. The summed E-state index contributed by atoms with van der Waals surface area (Å²) in [5.41, 5.74) is 1.46. The third-order valence-electron chi connectivity index (χ3n) is 4.72. The van der Waals surface area contributed by atoms with Gasteiger partial charge in [-0.15, -0.1) is 11.3 Å². The Hall–Kier alpha value is -1.70. The van der Waals surface area contributed by atoms with Crippen molar-refractivity contribution in [3.63, 3.8) is 0 Å². The van der Waals surface area contributed by atoms with Gasteiger partial charge in [0.15, 0.2) is 0 Å². The van der Waals surface area contributed by atoms with Crippen molar-refractivity contribution in [2.45, 2.75) is 43.2 Å². The molecule has 1 aromatic carbocycles. The van der Waals surface area contributed by atoms with Crippen LogP contribution in [0.3, 0.4) is 0 Å². The van der Waals surface area contributed by atoms with E-state index in [2.05, 4.69) is 12.2 Å². The van der Waals surface area contributed by atoms with E-state index in [1.165, 1.54) is 11.3 Å². The van der Waals surface area contributed by atoms with Gasteiger partial charge < -0.3 is 5.32 Å². The zero-order chi connectivity index (χ0) is 19.3. The maximum absolute atomic E-state index is 12.7. The Morgan fingerprint density at radius 3 is 2.67 bits per heavy atom. The summed E-state index contributed by atoms with van der Waals surface area (Å²) in [5, 5.41) is 2.94. The summed E-state index contributed by atoms with van der Waals surface area (Å²) < 4.78 is 27.3. The minimum atomic E-state index is -3.40. The van der Waals surface area contributed by atoms with Gasteiger partial charge in [0.2, 0.25) is 0 Å². The highest BCUT2D eigenvalue weighted by Gasteiger charge is 2.28. The largest absolute Gasteiger partial charge is 0.352 e. The van der Waals surface area contributed by atoms with Crippen LogP contribution in [0.5, 0.6) is 0 Å². The standard InChI is InChI=1S/C20H26N2O3S2/c1-2-3-4-12-21-20(23)17-9-7-8-16(15-17)18-10-11-19(26-18)27(24,25)22-13-5-6-14-22/h7-11,15H,2-6,12-14H2,1H3,(H,21,23). The first kappa shape index (κ1) is 20.0. The Balaban J connectivity index is 1.74. The zero-order valence-electron chi connectivity index (χ0n) is 15.6. The summed E-state index contributed by atoms with van der Waals surface area (Å²) in [7, 11) is -3.40. The van der Waals surface area contributed by atoms with Crippen molar-refractivity contribution in [3.8, 4) is 10.4 Å². The van der Waals surface area contributed by atoms with Crippen molar-refractivity contribution < 1.29 is 13.2 Å². The molecule has 1 amide bonds. The number of thiophene rings is 1. The van der Waals surface area contributed by atoms with E-state index in [9.17, 15) is 13.2 Å². The Bertz CT molecular complexity index is 884. The molecule has 2 heterocycles. The van der Waals surface area contributed by atoms with Gasteiger partial charge in [0.25, 0.3) is 15.9 Å². The molecule has 0 bridgehead atoms. The molecule has 1 saturated heterocycles. The van der Waals surface area contributed by atoms with Crippen LogP contribution in [0.2, 0.25) is 0 Å². The number of amides is 1. The molecule has 1 aliphatic heterocycles. The second-order valence-corrected chi connectivity index (χ2v) is 10.0. The number of carbonyl (C=O) groups is 1. The third kappa shape index (κ3) is 4.78. The Morgan fingerprint density at radius 1 is 1.15 bits per heavy atom. The van der Waals surface area contributed by atoms with Crippen LogP contribution in [0.25, 0.3) is 10.4 Å². The summed E-state index contributed by atoms with van der Waals surface area (Å²) in [5.74, 6) is -0.0885. The predicted molar refractivity (Wildman–Crippen MR) is 110 cm³/mol. The molecular formula is C20H26N2O3S2. The number of hydrogen-bond donors (Lipinski definition) is 1. The van der Waals surface area contributed by atoms with Crippen LogP contribution in [0, 0.1) is 0 Å². The molecule has 1 aliphatic rings. The SMILES string of the molecule is CCCCCNC(=O)c1cccc(-c2ccc(S(=O)(=O)N3CCCC3)s2)c1. The minimum Gasteiger partial charge on any atom is -0.352 e. The second kappa shape index (κ2) is 8.99. The summed E-state index contributed by atoms with van der Waals surface area (Å²) in [4.78, 5) is 13.2. The fourth-order valence-electron chi connectivity index (χ4n) is 3.16. The quantitative estimate of drug-likeness (QED) is 0.671. The van der Waals surface area contributed by atoms with Crippen molar-refractivity contribution in [1.29, 1.82) is 0 Å². The molecule has 2 aromatic rings. The molecule has 0 spiro atoms. The van der Waals surface area contributed by atoms with E-state index in [-0.39, 0.29) is 5.91 Å². The molecule has 146 valence electrons. The molecule has 0 atom stereocenters. The molecule has 1 aromatic heterocycles. The molecule has 27 heavy (non-hydrogen) atoms. The monoisotopic (exact) mass is 406 g/mol. The van der Waals surface area contributed by atoms with E-state index in [4.69, 9.17) is 0 Å². The van der Waals surface area contributed by atoms with Crippen LogP contribution in [-0.2, 0) is 10.0 Å². The lowest BCUT2D eigenvalue weighted by Crippen LogP contribution is -2.27. The van der Waals surface area contributed by atoms with Crippen molar-refractivity contribution in [2.75, 3.05) is 19.6 Å². The molecule has 1 fully saturated rings.